The highest BCUT2D eigenvalue weighted by Crippen LogP contribution is 2.31. The highest BCUT2D eigenvalue weighted by atomic mass is 35.5. The molecule has 1 atom stereocenters. The van der Waals surface area contributed by atoms with Crippen molar-refractivity contribution in [3.05, 3.63) is 64.1 Å². The van der Waals surface area contributed by atoms with Crippen LogP contribution in [0.5, 0.6) is 0 Å². The second-order valence-corrected chi connectivity index (χ2v) is 7.55. The summed E-state index contributed by atoms with van der Waals surface area (Å²) in [5.74, 6) is -1.58. The molecule has 152 valence electrons. The van der Waals surface area contributed by atoms with E-state index in [1.54, 1.807) is 18.2 Å². The van der Waals surface area contributed by atoms with Crippen molar-refractivity contribution < 1.29 is 14.4 Å². The van der Waals surface area contributed by atoms with E-state index in [4.69, 9.17) is 23.2 Å². The molecule has 6 nitrogen and oxygen atoms in total. The Balaban J connectivity index is 1.44. The fourth-order valence-electron chi connectivity index (χ4n) is 3.14. The summed E-state index contributed by atoms with van der Waals surface area (Å²) < 4.78 is 0. The molecule has 29 heavy (non-hydrogen) atoms. The lowest BCUT2D eigenvalue weighted by atomic mass is 10.1. The monoisotopic (exact) mass is 433 g/mol. The minimum atomic E-state index is -0.767. The van der Waals surface area contributed by atoms with E-state index in [1.165, 1.54) is 4.90 Å². The molecule has 2 aromatic rings. The van der Waals surface area contributed by atoms with Crippen LogP contribution >= 0.6 is 23.2 Å². The Morgan fingerprint density at radius 1 is 1.03 bits per heavy atom. The Labute approximate surface area is 179 Å². The van der Waals surface area contributed by atoms with E-state index in [1.807, 2.05) is 30.3 Å². The van der Waals surface area contributed by atoms with Crippen LogP contribution in [0.2, 0.25) is 10.0 Å². The van der Waals surface area contributed by atoms with Crippen molar-refractivity contribution in [3.63, 3.8) is 0 Å². The molecule has 0 radical (unpaired) electrons. The van der Waals surface area contributed by atoms with E-state index in [2.05, 4.69) is 10.6 Å². The first-order valence-electron chi connectivity index (χ1n) is 9.30. The molecule has 8 heteroatoms. The van der Waals surface area contributed by atoms with E-state index in [-0.39, 0.29) is 30.7 Å². The van der Waals surface area contributed by atoms with Gasteiger partial charge in [-0.05, 0) is 30.2 Å². The Morgan fingerprint density at radius 2 is 1.79 bits per heavy atom. The molecule has 0 saturated carbocycles. The molecule has 2 N–H and O–H groups in total. The van der Waals surface area contributed by atoms with Crippen LogP contribution in [0.25, 0.3) is 0 Å². The standard InChI is InChI=1S/C21H21Cl2N3O3/c22-17-7-6-15(12-18(17)23)26-11-9-16(21(26)29)20(28)24-10-8-19(27)25-13-14-4-2-1-3-5-14/h1-7,12,16H,8-11,13H2,(H,24,28)(H,25,27). The lowest BCUT2D eigenvalue weighted by Gasteiger charge is -2.17. The normalized spacial score (nSPS) is 16.0. The second-order valence-electron chi connectivity index (χ2n) is 6.73. The largest absolute Gasteiger partial charge is 0.355 e. The molecule has 0 spiro atoms. The molecule has 1 aliphatic heterocycles. The van der Waals surface area contributed by atoms with Gasteiger partial charge in [0.2, 0.25) is 17.7 Å². The summed E-state index contributed by atoms with van der Waals surface area (Å²) in [6.07, 6.45) is 0.557. The summed E-state index contributed by atoms with van der Waals surface area (Å²) in [6.45, 7) is 1.04. The molecule has 1 fully saturated rings. The number of carbonyl (C=O) groups excluding carboxylic acids is 3. The maximum Gasteiger partial charge on any atom is 0.239 e. The zero-order valence-corrected chi connectivity index (χ0v) is 17.2. The number of nitrogens with one attached hydrogen (secondary N) is 2. The molecular formula is C21H21Cl2N3O3. The topological polar surface area (TPSA) is 78.5 Å². The number of hydrogen-bond acceptors (Lipinski definition) is 3. The summed E-state index contributed by atoms with van der Waals surface area (Å²) in [5, 5.41) is 6.24. The fraction of sp³-hybridized carbons (Fsp3) is 0.286. The maximum atomic E-state index is 12.6. The molecule has 1 aliphatic rings. The average molecular weight is 434 g/mol. The number of hydrogen-bond donors (Lipinski definition) is 2. The number of anilines is 1. The average Bonchev–Trinajstić information content (AvgIpc) is 3.10. The van der Waals surface area contributed by atoms with Crippen LogP contribution in [0.15, 0.2) is 48.5 Å². The van der Waals surface area contributed by atoms with Gasteiger partial charge in [0, 0.05) is 31.7 Å². The summed E-state index contributed by atoms with van der Waals surface area (Å²) in [6, 6.07) is 14.5. The predicted molar refractivity (Wildman–Crippen MR) is 113 cm³/mol. The first-order valence-corrected chi connectivity index (χ1v) is 10.1. The highest BCUT2D eigenvalue weighted by Gasteiger charge is 2.37. The number of amides is 3. The van der Waals surface area contributed by atoms with Crippen molar-refractivity contribution in [2.45, 2.75) is 19.4 Å². The molecule has 0 aromatic heterocycles. The Kier molecular flexibility index (Phi) is 7.12. The van der Waals surface area contributed by atoms with Crippen LogP contribution < -0.4 is 15.5 Å². The predicted octanol–water partition coefficient (Wildman–Crippen LogP) is 3.17. The minimum Gasteiger partial charge on any atom is -0.355 e. The summed E-state index contributed by atoms with van der Waals surface area (Å²) >= 11 is 11.9. The molecule has 0 aliphatic carbocycles. The Morgan fingerprint density at radius 3 is 2.52 bits per heavy atom. The third kappa shape index (κ3) is 5.49. The van der Waals surface area contributed by atoms with Crippen molar-refractivity contribution in [2.75, 3.05) is 18.0 Å². The molecule has 3 amide bonds. The highest BCUT2D eigenvalue weighted by molar-refractivity contribution is 6.42. The molecular weight excluding hydrogens is 413 g/mol. The van der Waals surface area contributed by atoms with Crippen LogP contribution in [0.4, 0.5) is 5.69 Å². The van der Waals surface area contributed by atoms with E-state index < -0.39 is 5.92 Å². The summed E-state index contributed by atoms with van der Waals surface area (Å²) in [7, 11) is 0. The van der Waals surface area contributed by atoms with Crippen molar-refractivity contribution in [3.8, 4) is 0 Å². The van der Waals surface area contributed by atoms with Crippen LogP contribution in [-0.2, 0) is 20.9 Å². The van der Waals surface area contributed by atoms with Gasteiger partial charge in [-0.3, -0.25) is 14.4 Å². The van der Waals surface area contributed by atoms with Crippen molar-refractivity contribution in [1.82, 2.24) is 10.6 Å². The fourth-order valence-corrected chi connectivity index (χ4v) is 3.43. The molecule has 0 bridgehead atoms. The van der Waals surface area contributed by atoms with Crippen molar-refractivity contribution in [2.24, 2.45) is 5.92 Å². The number of benzene rings is 2. The Hall–Kier alpha value is -2.57. The van der Waals surface area contributed by atoms with Crippen LogP contribution in [0.1, 0.15) is 18.4 Å². The first kappa shape index (κ1) is 21.1. The first-order chi connectivity index (χ1) is 14.0. The van der Waals surface area contributed by atoms with Crippen LogP contribution in [0.3, 0.4) is 0 Å². The van der Waals surface area contributed by atoms with Crippen LogP contribution in [0, 0.1) is 5.92 Å². The number of rotatable bonds is 7. The third-order valence-electron chi connectivity index (χ3n) is 4.72. The van der Waals surface area contributed by atoms with Gasteiger partial charge in [-0.25, -0.2) is 0 Å². The smallest absolute Gasteiger partial charge is 0.239 e. The summed E-state index contributed by atoms with van der Waals surface area (Å²) in [5.41, 5.74) is 1.61. The zero-order valence-electron chi connectivity index (χ0n) is 15.7. The maximum absolute atomic E-state index is 12.6. The number of carbonyl (C=O) groups is 3. The molecule has 3 rings (SSSR count). The van der Waals surface area contributed by atoms with Crippen LogP contribution in [-0.4, -0.2) is 30.8 Å². The number of halogens is 2. The van der Waals surface area contributed by atoms with Gasteiger partial charge in [0.25, 0.3) is 0 Å². The van der Waals surface area contributed by atoms with Gasteiger partial charge in [0.1, 0.15) is 5.92 Å². The van der Waals surface area contributed by atoms with Gasteiger partial charge in [-0.1, -0.05) is 53.5 Å². The van der Waals surface area contributed by atoms with Crippen molar-refractivity contribution in [1.29, 1.82) is 0 Å². The minimum absolute atomic E-state index is 0.149. The van der Waals surface area contributed by atoms with Crippen molar-refractivity contribution >= 4 is 46.6 Å². The second kappa shape index (κ2) is 9.76. The molecule has 1 heterocycles. The van der Waals surface area contributed by atoms with E-state index in [9.17, 15) is 14.4 Å². The van der Waals surface area contributed by atoms with E-state index in [0.717, 1.165) is 5.56 Å². The molecule has 1 unspecified atom stereocenters. The third-order valence-corrected chi connectivity index (χ3v) is 5.46. The Bertz CT molecular complexity index is 905. The van der Waals surface area contributed by atoms with E-state index in [0.29, 0.717) is 35.2 Å². The van der Waals surface area contributed by atoms with E-state index >= 15 is 0 Å². The quantitative estimate of drug-likeness (QED) is 0.658. The lowest BCUT2D eigenvalue weighted by molar-refractivity contribution is -0.132. The van der Waals surface area contributed by atoms with Gasteiger partial charge in [0.05, 0.1) is 10.0 Å². The molecule has 1 saturated heterocycles. The van der Waals surface area contributed by atoms with Gasteiger partial charge in [0.15, 0.2) is 0 Å². The number of nitrogens with zero attached hydrogens (tertiary/aromatic N) is 1. The van der Waals surface area contributed by atoms with Gasteiger partial charge < -0.3 is 15.5 Å². The SMILES string of the molecule is O=C(CCNC(=O)C1CCN(c2ccc(Cl)c(Cl)c2)C1=O)NCc1ccccc1. The van der Waals surface area contributed by atoms with Gasteiger partial charge in [-0.2, -0.15) is 0 Å². The zero-order chi connectivity index (χ0) is 20.8. The summed E-state index contributed by atoms with van der Waals surface area (Å²) in [4.78, 5) is 38.4. The lowest BCUT2D eigenvalue weighted by Crippen LogP contribution is -2.38. The van der Waals surface area contributed by atoms with Gasteiger partial charge >= 0.3 is 0 Å². The molecule has 2 aromatic carbocycles. The van der Waals surface area contributed by atoms with Gasteiger partial charge in [-0.15, -0.1) is 0 Å².